The van der Waals surface area contributed by atoms with Crippen LogP contribution < -0.4 is 16.2 Å². The van der Waals surface area contributed by atoms with Crippen molar-refractivity contribution in [2.45, 2.75) is 78.1 Å². The molecule has 0 bridgehead atoms. The van der Waals surface area contributed by atoms with E-state index in [2.05, 4.69) is 19.2 Å². The van der Waals surface area contributed by atoms with E-state index in [1.54, 1.807) is 0 Å². The molecule has 1 aromatic carbocycles. The third kappa shape index (κ3) is 5.67. The number of hydrogen-bond acceptors (Lipinski definition) is 5. The number of aromatic nitrogens is 2. The Balaban J connectivity index is 0.00000261. The van der Waals surface area contributed by atoms with Gasteiger partial charge in [0.15, 0.2) is 5.75 Å². The summed E-state index contributed by atoms with van der Waals surface area (Å²) in [6, 6.07) is 8.03. The number of para-hydroxylation sites is 2. The van der Waals surface area contributed by atoms with E-state index in [0.717, 1.165) is 54.3 Å². The summed E-state index contributed by atoms with van der Waals surface area (Å²) in [5.41, 5.74) is 3.05. The highest BCUT2D eigenvalue weighted by Crippen LogP contribution is 2.42. The number of fused-ring (bicyclic) bond motifs is 2. The molecule has 0 saturated heterocycles. The molecule has 2 heterocycles. The zero-order valence-electron chi connectivity index (χ0n) is 16.9. The maximum atomic E-state index is 6.10. The highest BCUT2D eigenvalue weighted by atomic mass is 16.5. The number of nitrogens with zero attached hydrogens (tertiary/aromatic N) is 2. The van der Waals surface area contributed by atoms with Gasteiger partial charge < -0.3 is 16.2 Å². The van der Waals surface area contributed by atoms with Gasteiger partial charge in [-0.3, -0.25) is 0 Å². The molecule has 0 fully saturated rings. The first-order valence-corrected chi connectivity index (χ1v) is 10.3. The van der Waals surface area contributed by atoms with Gasteiger partial charge in [-0.1, -0.05) is 64.5 Å². The van der Waals surface area contributed by atoms with Gasteiger partial charge in [0.2, 0.25) is 5.88 Å². The molecule has 0 amide bonds. The van der Waals surface area contributed by atoms with Gasteiger partial charge in [0.1, 0.15) is 11.5 Å². The summed E-state index contributed by atoms with van der Waals surface area (Å²) in [5, 5.41) is 3.50. The predicted molar refractivity (Wildman–Crippen MR) is 113 cm³/mol. The molecule has 2 aromatic rings. The van der Waals surface area contributed by atoms with E-state index in [1.165, 1.54) is 38.5 Å². The van der Waals surface area contributed by atoms with Crippen LogP contribution in [0.1, 0.15) is 76.7 Å². The number of anilines is 2. The summed E-state index contributed by atoms with van der Waals surface area (Å²) < 4.78 is 6.10. The van der Waals surface area contributed by atoms with Crippen molar-refractivity contribution in [3.05, 3.63) is 35.8 Å². The van der Waals surface area contributed by atoms with Crippen LogP contribution in [0.15, 0.2) is 24.3 Å². The number of nitrogens with one attached hydrogen (secondary N) is 1. The SMILES string of the molecule is CCCCCCc1nc(CCCCCC)c2c(n1)Oc1ccccc1N2.N. The molecular formula is C22H34N4O. The van der Waals surface area contributed by atoms with Crippen molar-refractivity contribution in [1.29, 1.82) is 0 Å². The summed E-state index contributed by atoms with van der Waals surface area (Å²) >= 11 is 0. The fourth-order valence-corrected chi connectivity index (χ4v) is 3.35. The van der Waals surface area contributed by atoms with Gasteiger partial charge in [0.05, 0.1) is 11.4 Å². The van der Waals surface area contributed by atoms with Crippen molar-refractivity contribution in [2.24, 2.45) is 0 Å². The molecule has 1 aromatic heterocycles. The average Bonchev–Trinajstić information content (AvgIpc) is 2.67. The normalized spacial score (nSPS) is 11.6. The summed E-state index contributed by atoms with van der Waals surface area (Å²) in [7, 11) is 0. The molecule has 1 aliphatic heterocycles. The summed E-state index contributed by atoms with van der Waals surface area (Å²) in [6.45, 7) is 4.48. The second-order valence-corrected chi connectivity index (χ2v) is 7.11. The fourth-order valence-electron chi connectivity index (χ4n) is 3.35. The van der Waals surface area contributed by atoms with Crippen LogP contribution in [0, 0.1) is 0 Å². The Labute approximate surface area is 163 Å². The van der Waals surface area contributed by atoms with Crippen molar-refractivity contribution in [2.75, 3.05) is 5.32 Å². The van der Waals surface area contributed by atoms with Crippen LogP contribution in [0.4, 0.5) is 11.4 Å². The standard InChI is InChI=1S/C22H31N3O.H3N/c1-3-5-7-9-14-18-21-22(25-20(23-18)16-10-8-6-4-2)26-19-15-12-11-13-17(19)24-21;/h11-13,15,24H,3-10,14,16H2,1-2H3;1H3. The van der Waals surface area contributed by atoms with Gasteiger partial charge in [-0.2, -0.15) is 4.98 Å². The highest BCUT2D eigenvalue weighted by Gasteiger charge is 2.22. The molecule has 0 radical (unpaired) electrons. The lowest BCUT2D eigenvalue weighted by Gasteiger charge is -2.23. The van der Waals surface area contributed by atoms with Gasteiger partial charge in [0.25, 0.3) is 0 Å². The van der Waals surface area contributed by atoms with Crippen LogP contribution in [0.25, 0.3) is 0 Å². The first-order valence-electron chi connectivity index (χ1n) is 10.3. The molecule has 0 unspecified atom stereocenters. The maximum absolute atomic E-state index is 6.10. The van der Waals surface area contributed by atoms with E-state index >= 15 is 0 Å². The van der Waals surface area contributed by atoms with Crippen LogP contribution in [-0.4, -0.2) is 9.97 Å². The van der Waals surface area contributed by atoms with E-state index in [-0.39, 0.29) is 6.15 Å². The minimum Gasteiger partial charge on any atom is -0.435 e. The molecule has 0 spiro atoms. The van der Waals surface area contributed by atoms with Crippen LogP contribution in [0.5, 0.6) is 11.6 Å². The minimum atomic E-state index is 0. The van der Waals surface area contributed by atoms with Crippen molar-refractivity contribution in [3.63, 3.8) is 0 Å². The van der Waals surface area contributed by atoms with Crippen LogP contribution in [-0.2, 0) is 12.8 Å². The summed E-state index contributed by atoms with van der Waals surface area (Å²) in [6.07, 6.45) is 11.8. The Kier molecular flexibility index (Phi) is 8.52. The lowest BCUT2D eigenvalue weighted by molar-refractivity contribution is 0.454. The van der Waals surface area contributed by atoms with Gasteiger partial charge in [-0.25, -0.2) is 4.98 Å². The zero-order chi connectivity index (χ0) is 18.2. The molecule has 148 valence electrons. The largest absolute Gasteiger partial charge is 0.435 e. The smallest absolute Gasteiger partial charge is 0.247 e. The monoisotopic (exact) mass is 370 g/mol. The molecule has 27 heavy (non-hydrogen) atoms. The van der Waals surface area contributed by atoms with E-state index in [1.807, 2.05) is 24.3 Å². The van der Waals surface area contributed by atoms with Gasteiger partial charge in [-0.15, -0.1) is 0 Å². The molecule has 0 aliphatic carbocycles. The van der Waals surface area contributed by atoms with Crippen LogP contribution >= 0.6 is 0 Å². The maximum Gasteiger partial charge on any atom is 0.247 e. The molecule has 0 saturated carbocycles. The zero-order valence-corrected chi connectivity index (χ0v) is 16.9. The Morgan fingerprint density at radius 2 is 1.56 bits per heavy atom. The number of rotatable bonds is 10. The van der Waals surface area contributed by atoms with Gasteiger partial charge in [-0.05, 0) is 31.4 Å². The number of ether oxygens (including phenoxy) is 1. The number of aryl methyl sites for hydroxylation is 2. The van der Waals surface area contributed by atoms with E-state index < -0.39 is 0 Å². The van der Waals surface area contributed by atoms with Crippen molar-refractivity contribution in [1.82, 2.24) is 16.1 Å². The molecular weight excluding hydrogens is 336 g/mol. The Morgan fingerprint density at radius 1 is 0.852 bits per heavy atom. The third-order valence-electron chi connectivity index (χ3n) is 4.87. The first kappa shape index (κ1) is 21.2. The van der Waals surface area contributed by atoms with Crippen molar-refractivity contribution >= 4 is 11.4 Å². The molecule has 5 heteroatoms. The van der Waals surface area contributed by atoms with E-state index in [0.29, 0.717) is 5.88 Å². The molecule has 5 nitrogen and oxygen atoms in total. The predicted octanol–water partition coefficient (Wildman–Crippen LogP) is 6.73. The van der Waals surface area contributed by atoms with E-state index in [9.17, 15) is 0 Å². The van der Waals surface area contributed by atoms with Crippen molar-refractivity contribution < 1.29 is 4.74 Å². The lowest BCUT2D eigenvalue weighted by atomic mass is 10.1. The fraction of sp³-hybridized carbons (Fsp3) is 0.545. The first-order chi connectivity index (χ1) is 12.8. The topological polar surface area (TPSA) is 82.0 Å². The molecule has 3 rings (SSSR count). The van der Waals surface area contributed by atoms with Crippen LogP contribution in [0.3, 0.4) is 0 Å². The number of benzene rings is 1. The second kappa shape index (κ2) is 10.9. The Hall–Kier alpha value is -2.14. The molecule has 4 N–H and O–H groups in total. The number of unbranched alkanes of at least 4 members (excludes halogenated alkanes) is 6. The Bertz CT molecular complexity index is 717. The lowest BCUT2D eigenvalue weighted by Crippen LogP contribution is -2.11. The van der Waals surface area contributed by atoms with Gasteiger partial charge >= 0.3 is 0 Å². The molecule has 0 atom stereocenters. The second-order valence-electron chi connectivity index (χ2n) is 7.11. The van der Waals surface area contributed by atoms with E-state index in [4.69, 9.17) is 14.7 Å². The quantitative estimate of drug-likeness (QED) is 0.386. The summed E-state index contributed by atoms with van der Waals surface area (Å²) in [4.78, 5) is 9.62. The third-order valence-corrected chi connectivity index (χ3v) is 4.87. The van der Waals surface area contributed by atoms with Crippen LogP contribution in [0.2, 0.25) is 0 Å². The average molecular weight is 371 g/mol. The Morgan fingerprint density at radius 3 is 2.30 bits per heavy atom. The summed E-state index contributed by atoms with van der Waals surface area (Å²) in [5.74, 6) is 2.45. The molecule has 1 aliphatic rings. The highest BCUT2D eigenvalue weighted by molar-refractivity contribution is 5.75. The van der Waals surface area contributed by atoms with Crippen molar-refractivity contribution in [3.8, 4) is 11.6 Å². The van der Waals surface area contributed by atoms with Gasteiger partial charge in [0, 0.05) is 6.42 Å². The number of hydrogen-bond donors (Lipinski definition) is 2. The minimum absolute atomic E-state index is 0.